The quantitative estimate of drug-likeness (QED) is 0.0601. The van der Waals surface area contributed by atoms with Crippen molar-refractivity contribution in [3.8, 4) is 23.0 Å². The largest absolute Gasteiger partial charge is 0.490 e. The van der Waals surface area contributed by atoms with E-state index < -0.39 is 36.8 Å². The molecule has 2 amide bonds. The number of amides is 2. The number of hydrazone groups is 1. The number of aliphatic carboxylic acids is 1. The zero-order valence-corrected chi connectivity index (χ0v) is 26.1. The van der Waals surface area contributed by atoms with E-state index in [1.807, 2.05) is 22.6 Å². The van der Waals surface area contributed by atoms with Gasteiger partial charge < -0.3 is 44.5 Å². The van der Waals surface area contributed by atoms with Crippen LogP contribution in [0.4, 0.5) is 4.79 Å². The van der Waals surface area contributed by atoms with Gasteiger partial charge in [0.1, 0.15) is 6.61 Å². The molecule has 1 heterocycles. The monoisotopic (exact) mass is 712 g/mol. The number of hydrogen-bond donors (Lipinski definition) is 5. The van der Waals surface area contributed by atoms with Gasteiger partial charge in [-0.05, 0) is 78.8 Å². The number of rotatable bonds is 15. The summed E-state index contributed by atoms with van der Waals surface area (Å²) in [6.07, 6.45) is 0.256. The van der Waals surface area contributed by atoms with Gasteiger partial charge in [0, 0.05) is 5.70 Å². The van der Waals surface area contributed by atoms with E-state index in [0.717, 1.165) is 0 Å². The van der Waals surface area contributed by atoms with E-state index in [4.69, 9.17) is 28.8 Å². The first-order valence-electron chi connectivity index (χ1n) is 13.1. The highest BCUT2D eigenvalue weighted by atomic mass is 127. The van der Waals surface area contributed by atoms with Crippen molar-refractivity contribution in [2.75, 3.05) is 33.5 Å². The van der Waals surface area contributed by atoms with Gasteiger partial charge in [0.15, 0.2) is 35.8 Å². The average Bonchev–Trinajstić information content (AvgIpc) is 2.95. The summed E-state index contributed by atoms with van der Waals surface area (Å²) in [6, 6.07) is 7.04. The van der Waals surface area contributed by atoms with Gasteiger partial charge in [-0.25, -0.2) is 14.4 Å². The highest BCUT2D eigenvalue weighted by molar-refractivity contribution is 14.1. The number of urea groups is 1. The van der Waals surface area contributed by atoms with E-state index in [-0.39, 0.29) is 12.2 Å². The summed E-state index contributed by atoms with van der Waals surface area (Å²) in [5.74, 6) is -0.355. The van der Waals surface area contributed by atoms with Crippen LogP contribution >= 0.6 is 22.6 Å². The minimum absolute atomic E-state index is 0.197. The first-order valence-corrected chi connectivity index (χ1v) is 14.2. The Morgan fingerprint density at radius 1 is 1.09 bits per heavy atom. The Labute approximate surface area is 261 Å². The molecule has 1 aliphatic rings. The minimum Gasteiger partial charge on any atom is -0.490 e. The number of aliphatic hydroxyl groups excluding tert-OH is 1. The number of carbonyl (C=O) groups is 3. The Morgan fingerprint density at radius 2 is 1.81 bits per heavy atom. The van der Waals surface area contributed by atoms with E-state index in [1.165, 1.54) is 13.3 Å². The molecule has 2 aromatic carbocycles. The summed E-state index contributed by atoms with van der Waals surface area (Å²) >= 11 is 2.01. The van der Waals surface area contributed by atoms with Crippen molar-refractivity contribution in [3.63, 3.8) is 0 Å². The molecule has 3 rings (SSSR count). The van der Waals surface area contributed by atoms with Gasteiger partial charge in [-0.2, -0.15) is 5.10 Å². The molecule has 0 fully saturated rings. The molecule has 0 aromatic heterocycles. The van der Waals surface area contributed by atoms with Crippen LogP contribution < -0.4 is 35.0 Å². The van der Waals surface area contributed by atoms with Gasteiger partial charge >= 0.3 is 18.0 Å². The molecular weight excluding hydrogens is 679 g/mol. The Morgan fingerprint density at radius 3 is 2.49 bits per heavy atom. The number of hydrogen-bond acceptors (Lipinski definition) is 11. The van der Waals surface area contributed by atoms with E-state index in [0.29, 0.717) is 56.6 Å². The lowest BCUT2D eigenvalue weighted by Gasteiger charge is -2.28. The van der Waals surface area contributed by atoms with Crippen molar-refractivity contribution >= 4 is 46.8 Å². The molecule has 43 heavy (non-hydrogen) atoms. The second-order valence-electron chi connectivity index (χ2n) is 8.86. The Hall–Kier alpha value is -4.25. The maximum Gasteiger partial charge on any atom is 0.341 e. The summed E-state index contributed by atoms with van der Waals surface area (Å²) in [7, 11) is 1.26. The van der Waals surface area contributed by atoms with Gasteiger partial charge in [0.25, 0.3) is 0 Å². The molecule has 0 saturated heterocycles. The van der Waals surface area contributed by atoms with E-state index in [1.54, 1.807) is 51.1 Å². The highest BCUT2D eigenvalue weighted by Gasteiger charge is 2.32. The van der Waals surface area contributed by atoms with Crippen molar-refractivity contribution in [2.24, 2.45) is 5.10 Å². The SMILES string of the molecule is CCOc1cc([C@H]2NC(=O)NC(C)=C2C(=O)OC)ccc1OC[C@@H](O)N/N=C\c1cc(I)c(OCC(=O)O)c(OCC)c1. The zero-order chi connectivity index (χ0) is 31.5. The molecular formula is C28H33IN4O10. The molecule has 0 radical (unpaired) electrons. The third kappa shape index (κ3) is 9.12. The molecule has 1 aliphatic heterocycles. The summed E-state index contributed by atoms with van der Waals surface area (Å²) in [4.78, 5) is 35.4. The van der Waals surface area contributed by atoms with Crippen LogP contribution in [0.25, 0.3) is 0 Å². The first-order chi connectivity index (χ1) is 20.6. The van der Waals surface area contributed by atoms with Crippen LogP contribution in [-0.4, -0.2) is 74.2 Å². The van der Waals surface area contributed by atoms with Gasteiger partial charge in [-0.15, -0.1) is 0 Å². The standard InChI is InChI=1S/C28H33IN4O10/c1-5-40-20-11-17(25-24(27(37)39-4)15(3)31-28(38)32-25)7-8-19(20)42-13-22(34)33-30-12-16-9-18(29)26(43-14-23(35)36)21(10-16)41-6-2/h7-12,22,25,33-34H,5-6,13-14H2,1-4H3,(H,35,36)(H2,31,32,38)/b30-12-/t22-,25-/m1/s1. The fourth-order valence-corrected chi connectivity index (χ4v) is 4.80. The lowest BCUT2D eigenvalue weighted by Crippen LogP contribution is -2.45. The van der Waals surface area contributed by atoms with Crippen LogP contribution in [-0.2, 0) is 14.3 Å². The molecule has 0 unspecified atom stereocenters. The number of aliphatic hydroxyl groups is 1. The van der Waals surface area contributed by atoms with Gasteiger partial charge in [0.2, 0.25) is 0 Å². The van der Waals surface area contributed by atoms with Crippen LogP contribution in [0.5, 0.6) is 23.0 Å². The minimum atomic E-state index is -1.20. The molecule has 0 bridgehead atoms. The van der Waals surface area contributed by atoms with Crippen LogP contribution in [0.3, 0.4) is 0 Å². The average molecular weight is 712 g/mol. The Kier molecular flexibility index (Phi) is 12.2. The predicted octanol–water partition coefficient (Wildman–Crippen LogP) is 2.67. The molecule has 5 N–H and O–H groups in total. The predicted molar refractivity (Wildman–Crippen MR) is 162 cm³/mol. The summed E-state index contributed by atoms with van der Waals surface area (Å²) < 4.78 is 27.9. The fourth-order valence-electron chi connectivity index (χ4n) is 4.02. The number of halogens is 1. The number of nitrogens with zero attached hydrogens (tertiary/aromatic N) is 1. The van der Waals surface area contributed by atoms with E-state index >= 15 is 0 Å². The third-order valence-corrected chi connectivity index (χ3v) is 6.58. The highest BCUT2D eigenvalue weighted by Crippen LogP contribution is 2.35. The molecule has 15 heteroatoms. The lowest BCUT2D eigenvalue weighted by atomic mass is 9.95. The molecule has 2 atom stereocenters. The van der Waals surface area contributed by atoms with Crippen LogP contribution in [0.1, 0.15) is 37.9 Å². The van der Waals surface area contributed by atoms with Crippen LogP contribution in [0.2, 0.25) is 0 Å². The number of benzene rings is 2. The zero-order valence-electron chi connectivity index (χ0n) is 23.9. The van der Waals surface area contributed by atoms with E-state index in [9.17, 15) is 19.5 Å². The first kappa shape index (κ1) is 33.3. The van der Waals surface area contributed by atoms with Gasteiger partial charge in [-0.3, -0.25) is 5.43 Å². The molecule has 0 aliphatic carbocycles. The topological polar surface area (TPSA) is 186 Å². The number of methoxy groups -OCH3 is 1. The number of carboxylic acids is 1. The summed E-state index contributed by atoms with van der Waals surface area (Å²) in [5.41, 5.74) is 4.38. The number of nitrogens with one attached hydrogen (secondary N) is 3. The third-order valence-electron chi connectivity index (χ3n) is 5.78. The molecule has 0 saturated carbocycles. The lowest BCUT2D eigenvalue weighted by molar-refractivity contribution is -0.139. The van der Waals surface area contributed by atoms with E-state index in [2.05, 4.69) is 21.2 Å². The number of carboxylic acid groups (broad SMARTS) is 1. The maximum atomic E-state index is 12.4. The summed E-state index contributed by atoms with van der Waals surface area (Å²) in [6.45, 7) is 5.14. The van der Waals surface area contributed by atoms with Gasteiger partial charge in [-0.1, -0.05) is 6.07 Å². The van der Waals surface area contributed by atoms with Gasteiger partial charge in [0.05, 0.1) is 41.7 Å². The molecule has 0 spiro atoms. The van der Waals surface area contributed by atoms with Crippen molar-refractivity contribution in [1.29, 1.82) is 0 Å². The van der Waals surface area contributed by atoms with Crippen molar-refractivity contribution in [1.82, 2.24) is 16.1 Å². The fraction of sp³-hybridized carbons (Fsp3) is 0.357. The summed E-state index contributed by atoms with van der Waals surface area (Å²) in [5, 5.41) is 28.7. The maximum absolute atomic E-state index is 12.4. The van der Waals surface area contributed by atoms with Crippen molar-refractivity contribution in [3.05, 3.63) is 56.3 Å². The number of ether oxygens (including phenoxy) is 5. The normalized spacial score (nSPS) is 15.3. The Balaban J connectivity index is 1.69. The molecule has 14 nitrogen and oxygen atoms in total. The van der Waals surface area contributed by atoms with Crippen molar-refractivity contribution < 1.29 is 48.3 Å². The second kappa shape index (κ2) is 15.8. The molecule has 232 valence electrons. The molecule has 2 aromatic rings. The van der Waals surface area contributed by atoms with Crippen molar-refractivity contribution in [2.45, 2.75) is 33.0 Å². The Bertz CT molecular complexity index is 1400. The number of carbonyl (C=O) groups excluding carboxylic acids is 2. The second-order valence-corrected chi connectivity index (χ2v) is 10.0. The number of allylic oxidation sites excluding steroid dienone is 1. The number of esters is 1. The van der Waals surface area contributed by atoms with Crippen LogP contribution in [0.15, 0.2) is 46.7 Å². The van der Waals surface area contributed by atoms with Crippen LogP contribution in [0, 0.1) is 3.57 Å². The smallest absolute Gasteiger partial charge is 0.341 e.